The lowest BCUT2D eigenvalue weighted by molar-refractivity contribution is -0.121. The Bertz CT molecular complexity index is 917. The third kappa shape index (κ3) is 4.14. The fraction of sp³-hybridized carbons (Fsp3) is 0.227. The van der Waals surface area contributed by atoms with Crippen molar-refractivity contribution in [2.45, 2.75) is 19.4 Å². The number of hydrogen-bond acceptors (Lipinski definition) is 4. The molecule has 1 amide bonds. The van der Waals surface area contributed by atoms with Crippen molar-refractivity contribution in [1.82, 2.24) is 5.32 Å². The van der Waals surface area contributed by atoms with Crippen LogP contribution in [-0.2, 0) is 17.8 Å². The van der Waals surface area contributed by atoms with Crippen molar-refractivity contribution in [2.24, 2.45) is 0 Å². The molecule has 1 aliphatic heterocycles. The first-order valence-corrected chi connectivity index (χ1v) is 9.08. The molecule has 0 fully saturated rings. The smallest absolute Gasteiger partial charge is 0.220 e. The van der Waals surface area contributed by atoms with E-state index in [-0.39, 0.29) is 5.91 Å². The Morgan fingerprint density at radius 2 is 1.78 bits per heavy atom. The zero-order chi connectivity index (χ0) is 18.5. The number of para-hydroxylation sites is 1. The molecule has 2 heterocycles. The summed E-state index contributed by atoms with van der Waals surface area (Å²) in [5, 5.41) is 2.94. The molecule has 2 aromatic carbocycles. The lowest BCUT2D eigenvalue weighted by Gasteiger charge is -2.21. The van der Waals surface area contributed by atoms with Crippen LogP contribution in [0.4, 0.5) is 0 Å². The summed E-state index contributed by atoms with van der Waals surface area (Å²) in [6, 6.07) is 19.5. The van der Waals surface area contributed by atoms with E-state index < -0.39 is 0 Å². The summed E-state index contributed by atoms with van der Waals surface area (Å²) in [6.07, 6.45) is 0.930. The molecule has 0 aliphatic carbocycles. The maximum absolute atomic E-state index is 12.2. The van der Waals surface area contributed by atoms with Crippen LogP contribution in [0.3, 0.4) is 0 Å². The summed E-state index contributed by atoms with van der Waals surface area (Å²) in [5.41, 5.74) is 1.95. The van der Waals surface area contributed by atoms with E-state index in [1.165, 1.54) is 0 Å². The van der Waals surface area contributed by atoms with E-state index in [1.54, 1.807) is 0 Å². The Kier molecular flexibility index (Phi) is 5.10. The van der Waals surface area contributed by atoms with Gasteiger partial charge in [0.05, 0.1) is 0 Å². The van der Waals surface area contributed by atoms with Crippen molar-refractivity contribution in [1.29, 1.82) is 0 Å². The average Bonchev–Trinajstić information content (AvgIpc) is 3.20. The lowest BCUT2D eigenvalue weighted by Crippen LogP contribution is -2.24. The van der Waals surface area contributed by atoms with Gasteiger partial charge in [-0.15, -0.1) is 0 Å². The standard InChI is InChI=1S/C22H21NO4/c24-21(23-15-17-7-4-8-20-22(17)26-14-13-25-20)12-10-18-9-11-19(27-18)16-5-2-1-3-6-16/h1-9,11H,10,12-15H2,(H,23,24). The van der Waals surface area contributed by atoms with E-state index in [9.17, 15) is 4.79 Å². The van der Waals surface area contributed by atoms with E-state index >= 15 is 0 Å². The molecule has 5 heteroatoms. The van der Waals surface area contributed by atoms with Gasteiger partial charge in [-0.25, -0.2) is 0 Å². The normalized spacial score (nSPS) is 12.6. The minimum atomic E-state index is -0.0259. The molecule has 0 spiro atoms. The van der Waals surface area contributed by atoms with E-state index in [4.69, 9.17) is 13.9 Å². The molecule has 1 N–H and O–H groups in total. The summed E-state index contributed by atoms with van der Waals surface area (Å²) in [4.78, 5) is 12.2. The van der Waals surface area contributed by atoms with Crippen molar-refractivity contribution >= 4 is 5.91 Å². The summed E-state index contributed by atoms with van der Waals surface area (Å²) in [6.45, 7) is 1.50. The molecular weight excluding hydrogens is 342 g/mol. The Balaban J connectivity index is 1.30. The van der Waals surface area contributed by atoms with Gasteiger partial charge in [0.25, 0.3) is 0 Å². The zero-order valence-corrected chi connectivity index (χ0v) is 14.9. The molecular formula is C22H21NO4. The van der Waals surface area contributed by atoms with Crippen LogP contribution in [0.2, 0.25) is 0 Å². The van der Waals surface area contributed by atoms with E-state index in [0.717, 1.165) is 34.1 Å². The Labute approximate surface area is 157 Å². The molecule has 0 atom stereocenters. The second-order valence-corrected chi connectivity index (χ2v) is 6.35. The first-order valence-electron chi connectivity index (χ1n) is 9.08. The molecule has 27 heavy (non-hydrogen) atoms. The second kappa shape index (κ2) is 7.99. The minimum Gasteiger partial charge on any atom is -0.486 e. The van der Waals surface area contributed by atoms with Gasteiger partial charge in [0.2, 0.25) is 5.91 Å². The highest BCUT2D eigenvalue weighted by Crippen LogP contribution is 2.33. The first-order chi connectivity index (χ1) is 13.3. The van der Waals surface area contributed by atoms with Crippen LogP contribution in [0, 0.1) is 0 Å². The minimum absolute atomic E-state index is 0.0259. The Hall–Kier alpha value is -3.21. The Morgan fingerprint density at radius 3 is 2.67 bits per heavy atom. The van der Waals surface area contributed by atoms with Gasteiger partial charge >= 0.3 is 0 Å². The summed E-state index contributed by atoms with van der Waals surface area (Å²) in [5.74, 6) is 3.05. The van der Waals surface area contributed by atoms with Gasteiger partial charge in [-0.1, -0.05) is 42.5 Å². The topological polar surface area (TPSA) is 60.7 Å². The third-order valence-electron chi connectivity index (χ3n) is 4.44. The van der Waals surface area contributed by atoms with Crippen molar-refractivity contribution in [3.05, 3.63) is 72.0 Å². The van der Waals surface area contributed by atoms with Crippen LogP contribution in [0.15, 0.2) is 65.1 Å². The molecule has 138 valence electrons. The fourth-order valence-electron chi connectivity index (χ4n) is 3.06. The van der Waals surface area contributed by atoms with Crippen LogP contribution < -0.4 is 14.8 Å². The van der Waals surface area contributed by atoms with E-state index in [0.29, 0.717) is 32.6 Å². The van der Waals surface area contributed by atoms with Gasteiger partial charge in [-0.05, 0) is 18.2 Å². The molecule has 0 bridgehead atoms. The van der Waals surface area contributed by atoms with Crippen molar-refractivity contribution in [3.63, 3.8) is 0 Å². The summed E-state index contributed by atoms with van der Waals surface area (Å²) in [7, 11) is 0. The number of aryl methyl sites for hydroxylation is 1. The lowest BCUT2D eigenvalue weighted by atomic mass is 10.1. The number of rotatable bonds is 6. The number of nitrogens with one attached hydrogen (secondary N) is 1. The van der Waals surface area contributed by atoms with Crippen LogP contribution in [0.5, 0.6) is 11.5 Å². The molecule has 3 aromatic rings. The van der Waals surface area contributed by atoms with Gasteiger partial charge in [0.15, 0.2) is 11.5 Å². The molecule has 0 saturated carbocycles. The number of carbonyl (C=O) groups excluding carboxylic acids is 1. The highest BCUT2D eigenvalue weighted by atomic mass is 16.6. The molecule has 0 unspecified atom stereocenters. The number of carbonyl (C=O) groups is 1. The highest BCUT2D eigenvalue weighted by Gasteiger charge is 2.16. The molecule has 0 saturated heterocycles. The molecule has 1 aromatic heterocycles. The number of benzene rings is 2. The quantitative estimate of drug-likeness (QED) is 0.720. The third-order valence-corrected chi connectivity index (χ3v) is 4.44. The predicted molar refractivity (Wildman–Crippen MR) is 102 cm³/mol. The number of furan rings is 1. The second-order valence-electron chi connectivity index (χ2n) is 6.35. The maximum Gasteiger partial charge on any atom is 0.220 e. The molecule has 0 radical (unpaired) electrons. The van der Waals surface area contributed by atoms with Crippen LogP contribution in [-0.4, -0.2) is 19.1 Å². The van der Waals surface area contributed by atoms with Crippen LogP contribution in [0.25, 0.3) is 11.3 Å². The van der Waals surface area contributed by atoms with Gasteiger partial charge < -0.3 is 19.2 Å². The SMILES string of the molecule is O=C(CCc1ccc(-c2ccccc2)o1)NCc1cccc2c1OCCO2. The van der Waals surface area contributed by atoms with Gasteiger partial charge in [-0.3, -0.25) is 4.79 Å². The highest BCUT2D eigenvalue weighted by molar-refractivity contribution is 5.76. The molecule has 4 rings (SSSR count). The number of fused-ring (bicyclic) bond motifs is 1. The number of ether oxygens (including phenoxy) is 2. The van der Waals surface area contributed by atoms with E-state index in [2.05, 4.69) is 5.32 Å². The average molecular weight is 363 g/mol. The number of amides is 1. The van der Waals surface area contributed by atoms with E-state index in [1.807, 2.05) is 60.7 Å². The summed E-state index contributed by atoms with van der Waals surface area (Å²) < 4.78 is 17.1. The predicted octanol–water partition coefficient (Wildman–Crippen LogP) is 3.97. The van der Waals surface area contributed by atoms with Crippen LogP contribution >= 0.6 is 0 Å². The van der Waals surface area contributed by atoms with Crippen molar-refractivity contribution in [3.8, 4) is 22.8 Å². The Morgan fingerprint density at radius 1 is 0.926 bits per heavy atom. The maximum atomic E-state index is 12.2. The number of hydrogen-bond donors (Lipinski definition) is 1. The summed E-state index contributed by atoms with van der Waals surface area (Å²) >= 11 is 0. The molecule has 1 aliphatic rings. The van der Waals surface area contributed by atoms with Gasteiger partial charge in [0, 0.05) is 30.5 Å². The largest absolute Gasteiger partial charge is 0.486 e. The van der Waals surface area contributed by atoms with Crippen molar-refractivity contribution < 1.29 is 18.7 Å². The monoisotopic (exact) mass is 363 g/mol. The molecule has 5 nitrogen and oxygen atoms in total. The first kappa shape index (κ1) is 17.2. The van der Waals surface area contributed by atoms with Gasteiger partial charge in [0.1, 0.15) is 24.7 Å². The van der Waals surface area contributed by atoms with Gasteiger partial charge in [-0.2, -0.15) is 0 Å². The van der Waals surface area contributed by atoms with Crippen LogP contribution in [0.1, 0.15) is 17.7 Å². The van der Waals surface area contributed by atoms with Crippen molar-refractivity contribution in [2.75, 3.05) is 13.2 Å². The fourth-order valence-corrected chi connectivity index (χ4v) is 3.06. The zero-order valence-electron chi connectivity index (χ0n) is 14.9.